The zero-order valence-corrected chi connectivity index (χ0v) is 22.1. The van der Waals surface area contributed by atoms with Crippen LogP contribution in [0.3, 0.4) is 0 Å². The van der Waals surface area contributed by atoms with Crippen molar-refractivity contribution in [2.45, 2.75) is 53.1 Å². The Hall–Kier alpha value is 0.220. The van der Waals surface area contributed by atoms with Crippen LogP contribution in [-0.2, 0) is 10.0 Å². The normalized spacial score (nSPS) is 16.5. The first-order chi connectivity index (χ1) is 12.8. The fourth-order valence-corrected chi connectivity index (χ4v) is 5.64. The van der Waals surface area contributed by atoms with Crippen LogP contribution in [0.25, 0.3) is 0 Å². The standard InChI is InChI=1S/C18H39N5O2S2.HI/c1-6-19-18(20-8-7-10-23(16(2)3)17(4)5)21-9-15-27(24,25)22-11-13-26-14-12-22;/h16-17H,6-15H2,1-5H3,(H2,19,20,21);1H. The molecule has 1 fully saturated rings. The molecule has 0 unspecified atom stereocenters. The number of guanidine groups is 1. The van der Waals surface area contributed by atoms with Gasteiger partial charge in [0.2, 0.25) is 10.0 Å². The predicted molar refractivity (Wildman–Crippen MR) is 134 cm³/mol. The molecule has 0 aliphatic carbocycles. The van der Waals surface area contributed by atoms with Crippen LogP contribution in [0.2, 0.25) is 0 Å². The molecule has 0 amide bonds. The van der Waals surface area contributed by atoms with E-state index in [1.165, 1.54) is 0 Å². The van der Waals surface area contributed by atoms with Crippen LogP contribution in [-0.4, -0.2) is 92.2 Å². The molecule has 28 heavy (non-hydrogen) atoms. The molecule has 0 bridgehead atoms. The van der Waals surface area contributed by atoms with Gasteiger partial charge in [0.15, 0.2) is 5.96 Å². The van der Waals surface area contributed by atoms with Crippen LogP contribution in [0.15, 0.2) is 4.99 Å². The third-order valence-corrected chi connectivity index (χ3v) is 7.35. The van der Waals surface area contributed by atoms with Gasteiger partial charge in [-0.05, 0) is 41.0 Å². The fourth-order valence-electron chi connectivity index (χ4n) is 3.15. The van der Waals surface area contributed by atoms with Crippen molar-refractivity contribution in [3.63, 3.8) is 0 Å². The summed E-state index contributed by atoms with van der Waals surface area (Å²) >= 11 is 1.81. The molecule has 10 heteroatoms. The highest BCUT2D eigenvalue weighted by atomic mass is 127. The molecule has 0 aromatic heterocycles. The summed E-state index contributed by atoms with van der Waals surface area (Å²) in [5.41, 5.74) is 0. The van der Waals surface area contributed by atoms with Crippen molar-refractivity contribution >= 4 is 51.7 Å². The van der Waals surface area contributed by atoms with Crippen molar-refractivity contribution in [1.29, 1.82) is 0 Å². The van der Waals surface area contributed by atoms with Crippen LogP contribution in [0.5, 0.6) is 0 Å². The van der Waals surface area contributed by atoms with Gasteiger partial charge in [0.25, 0.3) is 0 Å². The number of sulfonamides is 1. The molecular formula is C18H40IN5O2S2. The quantitative estimate of drug-likeness (QED) is 0.178. The molecule has 168 valence electrons. The molecule has 1 aliphatic rings. The zero-order valence-electron chi connectivity index (χ0n) is 18.1. The summed E-state index contributed by atoms with van der Waals surface area (Å²) < 4.78 is 26.4. The lowest BCUT2D eigenvalue weighted by Crippen LogP contribution is -2.44. The molecule has 0 spiro atoms. The molecule has 0 aromatic carbocycles. The van der Waals surface area contributed by atoms with Crippen molar-refractivity contribution in [3.05, 3.63) is 0 Å². The molecule has 7 nitrogen and oxygen atoms in total. The minimum atomic E-state index is -3.18. The first-order valence-corrected chi connectivity index (χ1v) is 12.9. The molecule has 1 saturated heterocycles. The lowest BCUT2D eigenvalue weighted by Gasteiger charge is -2.30. The predicted octanol–water partition coefficient (Wildman–Crippen LogP) is 2.05. The Morgan fingerprint density at radius 1 is 1.14 bits per heavy atom. The van der Waals surface area contributed by atoms with Gasteiger partial charge in [-0.15, -0.1) is 24.0 Å². The molecule has 0 saturated carbocycles. The topological polar surface area (TPSA) is 77.0 Å². The molecule has 0 aromatic rings. The van der Waals surface area contributed by atoms with Crippen molar-refractivity contribution < 1.29 is 8.42 Å². The van der Waals surface area contributed by atoms with Crippen LogP contribution in [0.1, 0.15) is 41.0 Å². The van der Waals surface area contributed by atoms with Gasteiger partial charge in [0.1, 0.15) is 0 Å². The number of nitrogens with zero attached hydrogens (tertiary/aromatic N) is 3. The molecular weight excluding hydrogens is 509 g/mol. The smallest absolute Gasteiger partial charge is 0.215 e. The first-order valence-electron chi connectivity index (χ1n) is 10.1. The van der Waals surface area contributed by atoms with E-state index in [-0.39, 0.29) is 29.7 Å². The molecule has 0 atom stereocenters. The maximum Gasteiger partial charge on any atom is 0.215 e. The largest absolute Gasteiger partial charge is 0.357 e. The molecule has 1 aliphatic heterocycles. The van der Waals surface area contributed by atoms with Gasteiger partial charge in [-0.1, -0.05) is 0 Å². The van der Waals surface area contributed by atoms with Crippen molar-refractivity contribution in [1.82, 2.24) is 19.8 Å². The number of hydrogen-bond acceptors (Lipinski definition) is 5. The van der Waals surface area contributed by atoms with E-state index >= 15 is 0 Å². The highest BCUT2D eigenvalue weighted by molar-refractivity contribution is 14.0. The van der Waals surface area contributed by atoms with Crippen LogP contribution >= 0.6 is 35.7 Å². The lowest BCUT2D eigenvalue weighted by atomic mass is 10.2. The summed E-state index contributed by atoms with van der Waals surface area (Å²) in [7, 11) is -3.18. The van der Waals surface area contributed by atoms with Gasteiger partial charge in [-0.25, -0.2) is 12.7 Å². The van der Waals surface area contributed by atoms with E-state index in [9.17, 15) is 8.42 Å². The number of halogens is 1. The van der Waals surface area contributed by atoms with E-state index in [4.69, 9.17) is 0 Å². The summed E-state index contributed by atoms with van der Waals surface area (Å²) in [6, 6.07) is 1.05. The van der Waals surface area contributed by atoms with E-state index in [0.717, 1.165) is 37.6 Å². The van der Waals surface area contributed by atoms with Gasteiger partial charge >= 0.3 is 0 Å². The maximum atomic E-state index is 12.4. The van der Waals surface area contributed by atoms with Gasteiger partial charge in [0, 0.05) is 62.9 Å². The average molecular weight is 550 g/mol. The molecule has 1 heterocycles. The second kappa shape index (κ2) is 15.1. The van der Waals surface area contributed by atoms with Crippen molar-refractivity contribution in [2.24, 2.45) is 4.99 Å². The Morgan fingerprint density at radius 3 is 2.29 bits per heavy atom. The van der Waals surface area contributed by atoms with Crippen LogP contribution in [0, 0.1) is 0 Å². The van der Waals surface area contributed by atoms with Crippen molar-refractivity contribution in [3.8, 4) is 0 Å². The van der Waals surface area contributed by atoms with Gasteiger partial charge in [0.05, 0.1) is 5.75 Å². The van der Waals surface area contributed by atoms with E-state index in [1.807, 2.05) is 18.7 Å². The second-order valence-corrected chi connectivity index (χ2v) is 10.6. The van der Waals surface area contributed by atoms with Crippen LogP contribution in [0.4, 0.5) is 0 Å². The number of aliphatic imine (C=N–C) groups is 1. The number of hydrogen-bond donors (Lipinski definition) is 2. The monoisotopic (exact) mass is 549 g/mol. The Morgan fingerprint density at radius 2 is 1.75 bits per heavy atom. The highest BCUT2D eigenvalue weighted by Crippen LogP contribution is 2.13. The molecule has 2 N–H and O–H groups in total. The molecule has 0 radical (unpaired) electrons. The Labute approximate surface area is 193 Å². The van der Waals surface area contributed by atoms with E-state index < -0.39 is 10.0 Å². The molecule has 1 rings (SSSR count). The number of nitrogens with one attached hydrogen (secondary N) is 2. The van der Waals surface area contributed by atoms with E-state index in [0.29, 0.717) is 37.7 Å². The Bertz CT molecular complexity index is 530. The summed E-state index contributed by atoms with van der Waals surface area (Å²) in [6.07, 6.45) is 0.983. The van der Waals surface area contributed by atoms with E-state index in [1.54, 1.807) is 4.31 Å². The third-order valence-electron chi connectivity index (χ3n) is 4.53. The number of thioether (sulfide) groups is 1. The van der Waals surface area contributed by atoms with E-state index in [2.05, 4.69) is 48.2 Å². The highest BCUT2D eigenvalue weighted by Gasteiger charge is 2.23. The summed E-state index contributed by atoms with van der Waals surface area (Å²) in [6.45, 7) is 15.0. The third kappa shape index (κ3) is 10.8. The second-order valence-electron chi connectivity index (χ2n) is 7.29. The van der Waals surface area contributed by atoms with Crippen LogP contribution < -0.4 is 10.6 Å². The maximum absolute atomic E-state index is 12.4. The number of rotatable bonds is 11. The zero-order chi connectivity index (χ0) is 20.3. The van der Waals surface area contributed by atoms with Crippen molar-refractivity contribution in [2.75, 3.05) is 56.5 Å². The van der Waals surface area contributed by atoms with Gasteiger partial charge in [-0.2, -0.15) is 11.8 Å². The minimum Gasteiger partial charge on any atom is -0.357 e. The Balaban J connectivity index is 0.00000729. The SMILES string of the molecule is CCNC(=NCCCN(C(C)C)C(C)C)NCCS(=O)(=O)N1CCSCC1.I. The minimum absolute atomic E-state index is 0. The Kier molecular flexibility index (Phi) is 15.2. The summed E-state index contributed by atoms with van der Waals surface area (Å²) in [4.78, 5) is 7.05. The summed E-state index contributed by atoms with van der Waals surface area (Å²) in [5.74, 6) is 2.58. The average Bonchev–Trinajstić information content (AvgIpc) is 2.61. The van der Waals surface area contributed by atoms with Gasteiger partial charge < -0.3 is 10.6 Å². The summed E-state index contributed by atoms with van der Waals surface area (Å²) in [5, 5.41) is 6.36. The first kappa shape index (κ1) is 28.2. The fraction of sp³-hybridized carbons (Fsp3) is 0.944. The lowest BCUT2D eigenvalue weighted by molar-refractivity contribution is 0.174. The van der Waals surface area contributed by atoms with Gasteiger partial charge in [-0.3, -0.25) is 9.89 Å².